The Labute approximate surface area is 160 Å². The minimum Gasteiger partial charge on any atom is -0.478 e. The van der Waals surface area contributed by atoms with Gasteiger partial charge in [-0.1, -0.05) is 43.7 Å². The van der Waals surface area contributed by atoms with E-state index in [1.54, 1.807) is 12.4 Å². The third-order valence-electron chi connectivity index (χ3n) is 3.99. The molecule has 0 aliphatic heterocycles. The van der Waals surface area contributed by atoms with Crippen LogP contribution in [0.4, 0.5) is 11.4 Å². The Morgan fingerprint density at radius 3 is 1.96 bits per heavy atom. The molecule has 3 rings (SSSR count). The van der Waals surface area contributed by atoms with Gasteiger partial charge in [-0.15, -0.1) is 0 Å². The Kier molecular flexibility index (Phi) is 7.04. The van der Waals surface area contributed by atoms with E-state index in [-0.39, 0.29) is 0 Å². The van der Waals surface area contributed by atoms with Crippen molar-refractivity contribution in [2.75, 3.05) is 18.5 Å². The lowest BCUT2D eigenvalue weighted by Gasteiger charge is -2.09. The van der Waals surface area contributed by atoms with Crippen LogP contribution in [0.25, 0.3) is 0 Å². The fourth-order valence-corrected chi connectivity index (χ4v) is 2.49. The molecule has 2 heterocycles. The van der Waals surface area contributed by atoms with E-state index in [9.17, 15) is 0 Å². The summed E-state index contributed by atoms with van der Waals surface area (Å²) in [5.74, 6) is 1.27. The first-order valence-corrected chi connectivity index (χ1v) is 9.32. The second-order valence-corrected chi connectivity index (χ2v) is 6.18. The summed E-state index contributed by atoms with van der Waals surface area (Å²) in [7, 11) is 0. The maximum atomic E-state index is 5.71. The molecule has 0 aliphatic carbocycles. The maximum absolute atomic E-state index is 5.71. The van der Waals surface area contributed by atoms with Gasteiger partial charge >= 0.3 is 0 Å². The van der Waals surface area contributed by atoms with Crippen LogP contribution in [0.2, 0.25) is 0 Å². The molecule has 0 fully saturated rings. The summed E-state index contributed by atoms with van der Waals surface area (Å²) in [5.41, 5.74) is 3.02. The van der Waals surface area contributed by atoms with Gasteiger partial charge in [0.2, 0.25) is 11.8 Å². The molecule has 0 spiro atoms. The van der Waals surface area contributed by atoms with Gasteiger partial charge in [0.05, 0.1) is 37.0 Å². The minimum absolute atomic E-state index is 0.604. The van der Waals surface area contributed by atoms with Crippen molar-refractivity contribution >= 4 is 11.4 Å². The zero-order chi connectivity index (χ0) is 18.7. The molecule has 0 atom stereocenters. The minimum atomic E-state index is 0.604. The lowest BCUT2D eigenvalue weighted by molar-refractivity contribution is 0.298. The number of ether oxygens (including phenoxy) is 2. The highest BCUT2D eigenvalue weighted by Crippen LogP contribution is 2.19. The van der Waals surface area contributed by atoms with Crippen LogP contribution in [0.3, 0.4) is 0 Å². The van der Waals surface area contributed by atoms with E-state index in [0.29, 0.717) is 25.0 Å². The van der Waals surface area contributed by atoms with Crippen LogP contribution in [-0.4, -0.2) is 23.2 Å². The standard InChI is InChI=1S/C22H25N3O2/c1-2-3-14-26-21-11-9-19(16-23-21)25-20-10-12-22(24-17-20)27-15-13-18-7-5-4-6-8-18/h4-12,16-17,25H,2-3,13-15H2,1H3. The van der Waals surface area contributed by atoms with E-state index >= 15 is 0 Å². The molecule has 1 aromatic carbocycles. The predicted molar refractivity (Wildman–Crippen MR) is 108 cm³/mol. The molecule has 0 bridgehead atoms. The van der Waals surface area contributed by atoms with Crippen molar-refractivity contribution < 1.29 is 9.47 Å². The summed E-state index contributed by atoms with van der Waals surface area (Å²) in [5, 5.41) is 3.27. The normalized spacial score (nSPS) is 10.4. The first kappa shape index (κ1) is 18.7. The molecule has 0 unspecified atom stereocenters. The number of hydrogen-bond acceptors (Lipinski definition) is 5. The lowest BCUT2D eigenvalue weighted by atomic mass is 10.2. The van der Waals surface area contributed by atoms with Gasteiger partial charge in [0, 0.05) is 18.6 Å². The Morgan fingerprint density at radius 2 is 1.41 bits per heavy atom. The zero-order valence-electron chi connectivity index (χ0n) is 15.6. The number of unbranched alkanes of at least 4 members (excludes halogenated alkanes) is 1. The monoisotopic (exact) mass is 363 g/mol. The first-order valence-electron chi connectivity index (χ1n) is 9.32. The Hall–Kier alpha value is -3.08. The fourth-order valence-electron chi connectivity index (χ4n) is 2.49. The van der Waals surface area contributed by atoms with Crippen LogP contribution in [0, 0.1) is 0 Å². The fraction of sp³-hybridized carbons (Fsp3) is 0.273. The molecule has 27 heavy (non-hydrogen) atoms. The zero-order valence-corrected chi connectivity index (χ0v) is 15.6. The lowest BCUT2D eigenvalue weighted by Crippen LogP contribution is -2.02. The second-order valence-electron chi connectivity index (χ2n) is 6.18. The Balaban J connectivity index is 1.45. The van der Waals surface area contributed by atoms with E-state index in [1.165, 1.54) is 5.56 Å². The van der Waals surface area contributed by atoms with E-state index in [2.05, 4.69) is 34.3 Å². The molecule has 1 N–H and O–H groups in total. The van der Waals surface area contributed by atoms with Crippen LogP contribution in [0.1, 0.15) is 25.3 Å². The van der Waals surface area contributed by atoms with E-state index in [4.69, 9.17) is 9.47 Å². The number of nitrogens with zero attached hydrogens (tertiary/aromatic N) is 2. The van der Waals surface area contributed by atoms with Crippen molar-refractivity contribution in [3.8, 4) is 11.8 Å². The van der Waals surface area contributed by atoms with Crippen LogP contribution >= 0.6 is 0 Å². The largest absolute Gasteiger partial charge is 0.478 e. The van der Waals surface area contributed by atoms with Crippen LogP contribution in [0.15, 0.2) is 67.0 Å². The molecule has 0 radical (unpaired) electrons. The van der Waals surface area contributed by atoms with Crippen molar-refractivity contribution in [1.29, 1.82) is 0 Å². The molecule has 0 saturated heterocycles. The SMILES string of the molecule is CCCCOc1ccc(Nc2ccc(OCCc3ccccc3)nc2)cn1. The summed E-state index contributed by atoms with van der Waals surface area (Å²) in [6.07, 6.45) is 6.52. The number of aromatic nitrogens is 2. The number of anilines is 2. The first-order chi connectivity index (χ1) is 13.3. The Morgan fingerprint density at radius 1 is 0.778 bits per heavy atom. The average Bonchev–Trinajstić information content (AvgIpc) is 2.72. The van der Waals surface area contributed by atoms with Gasteiger partial charge in [-0.3, -0.25) is 0 Å². The van der Waals surface area contributed by atoms with Gasteiger partial charge in [-0.25, -0.2) is 9.97 Å². The van der Waals surface area contributed by atoms with E-state index < -0.39 is 0 Å². The summed E-state index contributed by atoms with van der Waals surface area (Å²) >= 11 is 0. The molecular formula is C22H25N3O2. The topological polar surface area (TPSA) is 56.3 Å². The molecular weight excluding hydrogens is 338 g/mol. The van der Waals surface area contributed by atoms with Gasteiger partial charge < -0.3 is 14.8 Å². The van der Waals surface area contributed by atoms with Crippen LogP contribution < -0.4 is 14.8 Å². The number of benzene rings is 1. The number of pyridine rings is 2. The van der Waals surface area contributed by atoms with Crippen molar-refractivity contribution in [3.05, 3.63) is 72.6 Å². The number of nitrogens with one attached hydrogen (secondary N) is 1. The second kappa shape index (κ2) is 10.2. The van der Waals surface area contributed by atoms with Crippen LogP contribution in [0.5, 0.6) is 11.8 Å². The van der Waals surface area contributed by atoms with Gasteiger partial charge in [-0.05, 0) is 24.1 Å². The van der Waals surface area contributed by atoms with E-state index in [1.807, 2.05) is 42.5 Å². The summed E-state index contributed by atoms with van der Waals surface area (Å²) < 4.78 is 11.3. The molecule has 5 heteroatoms. The molecule has 0 saturated carbocycles. The molecule has 5 nitrogen and oxygen atoms in total. The highest BCUT2D eigenvalue weighted by Gasteiger charge is 2.01. The summed E-state index contributed by atoms with van der Waals surface area (Å²) in [6, 6.07) is 17.9. The summed E-state index contributed by atoms with van der Waals surface area (Å²) in [4.78, 5) is 8.65. The molecule has 0 amide bonds. The Bertz CT molecular complexity index is 790. The van der Waals surface area contributed by atoms with E-state index in [0.717, 1.165) is 30.6 Å². The molecule has 140 valence electrons. The van der Waals surface area contributed by atoms with Gasteiger partial charge in [-0.2, -0.15) is 0 Å². The van der Waals surface area contributed by atoms with Gasteiger partial charge in [0.1, 0.15) is 0 Å². The molecule has 2 aromatic heterocycles. The molecule has 0 aliphatic rings. The smallest absolute Gasteiger partial charge is 0.213 e. The van der Waals surface area contributed by atoms with Crippen LogP contribution in [-0.2, 0) is 6.42 Å². The highest BCUT2D eigenvalue weighted by atomic mass is 16.5. The third kappa shape index (κ3) is 6.29. The third-order valence-corrected chi connectivity index (χ3v) is 3.99. The van der Waals surface area contributed by atoms with Crippen molar-refractivity contribution in [2.24, 2.45) is 0 Å². The van der Waals surface area contributed by atoms with Gasteiger partial charge in [0.25, 0.3) is 0 Å². The number of rotatable bonds is 10. The van der Waals surface area contributed by atoms with Crippen molar-refractivity contribution in [1.82, 2.24) is 9.97 Å². The number of hydrogen-bond donors (Lipinski definition) is 1. The quantitative estimate of drug-likeness (QED) is 0.513. The summed E-state index contributed by atoms with van der Waals surface area (Å²) in [6.45, 7) is 3.44. The maximum Gasteiger partial charge on any atom is 0.213 e. The van der Waals surface area contributed by atoms with Crippen molar-refractivity contribution in [3.63, 3.8) is 0 Å². The molecule has 3 aromatic rings. The van der Waals surface area contributed by atoms with Crippen molar-refractivity contribution in [2.45, 2.75) is 26.2 Å². The van der Waals surface area contributed by atoms with Gasteiger partial charge in [0.15, 0.2) is 0 Å². The average molecular weight is 363 g/mol. The predicted octanol–water partition coefficient (Wildman–Crippen LogP) is 5.02. The highest BCUT2D eigenvalue weighted by molar-refractivity contribution is 5.58.